The summed E-state index contributed by atoms with van der Waals surface area (Å²) in [5.41, 5.74) is 2.42. The molecule has 29 heavy (non-hydrogen) atoms. The second-order valence-corrected chi connectivity index (χ2v) is 6.71. The van der Waals surface area contributed by atoms with E-state index in [0.717, 1.165) is 10.5 Å². The van der Waals surface area contributed by atoms with Crippen molar-refractivity contribution in [3.63, 3.8) is 0 Å². The molecule has 2 aromatic rings. The summed E-state index contributed by atoms with van der Waals surface area (Å²) in [5, 5.41) is 2.62. The van der Waals surface area contributed by atoms with Crippen molar-refractivity contribution in [2.24, 2.45) is 0 Å². The van der Waals surface area contributed by atoms with Gasteiger partial charge in [0, 0.05) is 11.4 Å². The molecule has 8 nitrogen and oxygen atoms in total. The van der Waals surface area contributed by atoms with Gasteiger partial charge in [0.05, 0.1) is 12.7 Å². The summed E-state index contributed by atoms with van der Waals surface area (Å²) in [5.74, 6) is -1.44. The molecule has 1 heterocycles. The average Bonchev–Trinajstić information content (AvgIpc) is 2.92. The van der Waals surface area contributed by atoms with Crippen LogP contribution in [0.5, 0.6) is 0 Å². The number of carbonyl (C=O) groups is 4. The summed E-state index contributed by atoms with van der Waals surface area (Å²) in [4.78, 5) is 51.4. The van der Waals surface area contributed by atoms with Crippen LogP contribution in [0, 0.1) is 6.92 Å². The molecule has 4 amide bonds. The van der Waals surface area contributed by atoms with Crippen LogP contribution in [0.1, 0.15) is 22.8 Å². The Kier molecular flexibility index (Phi) is 5.63. The summed E-state index contributed by atoms with van der Waals surface area (Å²) in [6, 6.07) is 12.1. The van der Waals surface area contributed by atoms with E-state index in [9.17, 15) is 19.2 Å². The van der Waals surface area contributed by atoms with Gasteiger partial charge in [-0.15, -0.1) is 0 Å². The summed E-state index contributed by atoms with van der Waals surface area (Å²) >= 11 is 0. The largest absolute Gasteiger partial charge is 0.465 e. The molecule has 0 aliphatic carbocycles. The van der Waals surface area contributed by atoms with Crippen LogP contribution in [0.3, 0.4) is 0 Å². The van der Waals surface area contributed by atoms with Crippen LogP contribution >= 0.6 is 0 Å². The highest BCUT2D eigenvalue weighted by atomic mass is 16.5. The van der Waals surface area contributed by atoms with E-state index in [1.54, 1.807) is 31.2 Å². The van der Waals surface area contributed by atoms with Gasteiger partial charge in [-0.3, -0.25) is 19.4 Å². The van der Waals surface area contributed by atoms with Crippen molar-refractivity contribution in [2.75, 3.05) is 23.9 Å². The second-order valence-electron chi connectivity index (χ2n) is 6.71. The number of urea groups is 1. The molecule has 1 aliphatic rings. The van der Waals surface area contributed by atoms with Crippen LogP contribution in [0.25, 0.3) is 0 Å². The molecule has 1 N–H and O–H groups in total. The Morgan fingerprint density at radius 1 is 1.03 bits per heavy atom. The number of nitrogens with zero attached hydrogens (tertiary/aromatic N) is 2. The van der Waals surface area contributed by atoms with Crippen molar-refractivity contribution < 1.29 is 23.9 Å². The van der Waals surface area contributed by atoms with Crippen molar-refractivity contribution in [2.45, 2.75) is 19.9 Å². The molecule has 1 aliphatic heterocycles. The zero-order valence-electron chi connectivity index (χ0n) is 16.3. The van der Waals surface area contributed by atoms with E-state index >= 15 is 0 Å². The number of anilines is 2. The maximum absolute atomic E-state index is 12.8. The molecule has 1 atom stereocenters. The highest BCUT2D eigenvalue weighted by Gasteiger charge is 2.44. The minimum atomic E-state index is -0.697. The lowest BCUT2D eigenvalue weighted by molar-refractivity contribution is -0.130. The van der Waals surface area contributed by atoms with Crippen LogP contribution in [0.15, 0.2) is 48.5 Å². The molecule has 3 rings (SSSR count). The number of methoxy groups -OCH3 is 1. The third-order valence-corrected chi connectivity index (χ3v) is 4.65. The Labute approximate surface area is 168 Å². The number of imide groups is 1. The summed E-state index contributed by atoms with van der Waals surface area (Å²) in [7, 11) is 1.28. The number of hydrogen-bond donors (Lipinski definition) is 1. The maximum Gasteiger partial charge on any atom is 0.337 e. The number of nitrogens with one attached hydrogen (secondary N) is 1. The van der Waals surface area contributed by atoms with Crippen LogP contribution in [-0.2, 0) is 14.3 Å². The molecule has 0 saturated carbocycles. The van der Waals surface area contributed by atoms with Crippen molar-refractivity contribution >= 4 is 35.2 Å². The van der Waals surface area contributed by atoms with Gasteiger partial charge in [0.1, 0.15) is 12.6 Å². The lowest BCUT2D eigenvalue weighted by Crippen LogP contribution is -2.39. The molecule has 1 saturated heterocycles. The molecule has 0 radical (unpaired) electrons. The topological polar surface area (TPSA) is 96.0 Å². The van der Waals surface area contributed by atoms with E-state index in [4.69, 9.17) is 0 Å². The fourth-order valence-corrected chi connectivity index (χ4v) is 3.06. The van der Waals surface area contributed by atoms with E-state index in [0.29, 0.717) is 16.9 Å². The normalized spacial score (nSPS) is 16.2. The molecule has 1 fully saturated rings. The molecule has 2 aromatic carbocycles. The van der Waals surface area contributed by atoms with E-state index in [1.165, 1.54) is 24.1 Å². The van der Waals surface area contributed by atoms with E-state index in [1.807, 2.05) is 19.1 Å². The van der Waals surface area contributed by atoms with Gasteiger partial charge in [0.15, 0.2) is 0 Å². The molecule has 0 spiro atoms. The first-order valence-corrected chi connectivity index (χ1v) is 9.01. The van der Waals surface area contributed by atoms with Gasteiger partial charge in [-0.1, -0.05) is 17.7 Å². The number of hydrogen-bond acceptors (Lipinski definition) is 5. The van der Waals surface area contributed by atoms with Crippen LogP contribution in [0.4, 0.5) is 16.2 Å². The molecule has 0 aromatic heterocycles. The SMILES string of the molecule is COC(=O)c1ccc(NC(=O)CN2C(=O)C(C)N(c3ccc(C)cc3)C2=O)cc1. The Morgan fingerprint density at radius 2 is 1.66 bits per heavy atom. The Balaban J connectivity index is 1.68. The van der Waals surface area contributed by atoms with Crippen molar-refractivity contribution in [3.05, 3.63) is 59.7 Å². The summed E-state index contributed by atoms with van der Waals surface area (Å²) < 4.78 is 4.62. The second kappa shape index (κ2) is 8.14. The molecule has 8 heteroatoms. The van der Waals surface area contributed by atoms with Crippen LogP contribution < -0.4 is 10.2 Å². The van der Waals surface area contributed by atoms with Gasteiger partial charge >= 0.3 is 12.0 Å². The predicted molar refractivity (Wildman–Crippen MR) is 107 cm³/mol. The minimum Gasteiger partial charge on any atom is -0.465 e. The first-order chi connectivity index (χ1) is 13.8. The number of rotatable bonds is 5. The quantitative estimate of drug-likeness (QED) is 0.620. The van der Waals surface area contributed by atoms with Gasteiger partial charge in [0.2, 0.25) is 5.91 Å². The van der Waals surface area contributed by atoms with E-state index in [-0.39, 0.29) is 0 Å². The Bertz CT molecular complexity index is 953. The molecule has 0 bridgehead atoms. The molecular formula is C21H21N3O5. The fourth-order valence-electron chi connectivity index (χ4n) is 3.06. The third-order valence-electron chi connectivity index (χ3n) is 4.65. The van der Waals surface area contributed by atoms with Gasteiger partial charge < -0.3 is 10.1 Å². The highest BCUT2D eigenvalue weighted by molar-refractivity contribution is 6.16. The minimum absolute atomic E-state index is 0.345. The lowest BCUT2D eigenvalue weighted by Gasteiger charge is -2.19. The highest BCUT2D eigenvalue weighted by Crippen LogP contribution is 2.26. The number of benzene rings is 2. The van der Waals surface area contributed by atoms with Crippen molar-refractivity contribution in [1.82, 2.24) is 4.90 Å². The average molecular weight is 395 g/mol. The first kappa shape index (κ1) is 20.1. The van der Waals surface area contributed by atoms with Crippen LogP contribution in [-0.4, -0.2) is 48.4 Å². The standard InChI is InChI=1S/C21H21N3O5/c1-13-4-10-17(11-5-13)24-14(2)19(26)23(21(24)28)12-18(25)22-16-8-6-15(7-9-16)20(27)29-3/h4-11,14H,12H2,1-3H3,(H,22,25). The van der Waals surface area contributed by atoms with Crippen molar-refractivity contribution in [3.8, 4) is 0 Å². The molecule has 1 unspecified atom stereocenters. The van der Waals surface area contributed by atoms with Gasteiger partial charge in [0.25, 0.3) is 5.91 Å². The van der Waals surface area contributed by atoms with E-state index in [2.05, 4.69) is 10.1 Å². The fraction of sp³-hybridized carbons (Fsp3) is 0.238. The summed E-state index contributed by atoms with van der Waals surface area (Å²) in [6.07, 6.45) is 0. The number of carbonyl (C=O) groups excluding carboxylic acids is 4. The zero-order chi connectivity index (χ0) is 21.1. The zero-order valence-corrected chi connectivity index (χ0v) is 16.3. The summed E-state index contributed by atoms with van der Waals surface area (Å²) in [6.45, 7) is 3.16. The lowest BCUT2D eigenvalue weighted by atomic mass is 10.2. The monoisotopic (exact) mass is 395 g/mol. The van der Waals surface area contributed by atoms with Gasteiger partial charge in [-0.2, -0.15) is 0 Å². The predicted octanol–water partition coefficient (Wildman–Crippen LogP) is 2.58. The molecular weight excluding hydrogens is 374 g/mol. The number of amides is 4. The maximum atomic E-state index is 12.8. The van der Waals surface area contributed by atoms with Crippen molar-refractivity contribution in [1.29, 1.82) is 0 Å². The Hall–Kier alpha value is -3.68. The molecule has 150 valence electrons. The van der Waals surface area contributed by atoms with Crippen LogP contribution in [0.2, 0.25) is 0 Å². The Morgan fingerprint density at radius 3 is 2.24 bits per heavy atom. The number of ether oxygens (including phenoxy) is 1. The third kappa shape index (κ3) is 4.11. The van der Waals surface area contributed by atoms with Gasteiger partial charge in [-0.05, 0) is 50.2 Å². The number of esters is 1. The van der Waals surface area contributed by atoms with Gasteiger partial charge in [-0.25, -0.2) is 9.59 Å². The van der Waals surface area contributed by atoms with E-state index < -0.39 is 36.4 Å². The number of aryl methyl sites for hydroxylation is 1. The first-order valence-electron chi connectivity index (χ1n) is 9.01. The smallest absolute Gasteiger partial charge is 0.337 e.